The summed E-state index contributed by atoms with van der Waals surface area (Å²) < 4.78 is 12.9. The lowest BCUT2D eigenvalue weighted by atomic mass is 10.1. The molecular weight excluding hydrogens is 254 g/mol. The van der Waals surface area contributed by atoms with Gasteiger partial charge in [-0.1, -0.05) is 6.92 Å². The molecule has 3 aromatic rings. The molecule has 0 amide bonds. The first kappa shape index (κ1) is 11.3. The largest absolute Gasteiger partial charge is 0.454 e. The molecule has 0 spiro atoms. The highest BCUT2D eigenvalue weighted by atomic mass is 16.7. The first-order chi connectivity index (χ1) is 9.86. The number of hydrogen-bond acceptors (Lipinski definition) is 4. The van der Waals surface area contributed by atoms with Crippen molar-refractivity contribution in [1.29, 1.82) is 0 Å². The van der Waals surface area contributed by atoms with Gasteiger partial charge in [-0.25, -0.2) is 9.97 Å². The fourth-order valence-electron chi connectivity index (χ4n) is 2.53. The second-order valence-corrected chi connectivity index (χ2v) is 4.63. The van der Waals surface area contributed by atoms with E-state index in [-0.39, 0.29) is 6.79 Å². The van der Waals surface area contributed by atoms with E-state index in [0.29, 0.717) is 0 Å². The Morgan fingerprint density at radius 1 is 1.15 bits per heavy atom. The monoisotopic (exact) mass is 267 g/mol. The summed E-state index contributed by atoms with van der Waals surface area (Å²) in [6.07, 6.45) is 6.40. The van der Waals surface area contributed by atoms with Crippen LogP contribution in [-0.2, 0) is 6.42 Å². The molecule has 1 aliphatic heterocycles. The molecule has 0 saturated carbocycles. The maximum atomic E-state index is 5.46. The average molecular weight is 267 g/mol. The lowest BCUT2D eigenvalue weighted by Crippen LogP contribution is -2.02. The standard InChI is InChI=1S/C15H13N3O2/c1-2-14-16-5-6-18(14)15-11-8-13-12(19-9-20-13)7-10(11)3-4-17-15/h3-8H,2,9H2,1H3. The normalized spacial score (nSPS) is 13.1. The smallest absolute Gasteiger partial charge is 0.231 e. The lowest BCUT2D eigenvalue weighted by Gasteiger charge is -2.09. The Kier molecular flexibility index (Phi) is 2.39. The number of aromatic nitrogens is 3. The maximum Gasteiger partial charge on any atom is 0.231 e. The third-order valence-electron chi connectivity index (χ3n) is 3.50. The quantitative estimate of drug-likeness (QED) is 0.716. The lowest BCUT2D eigenvalue weighted by molar-refractivity contribution is 0.174. The predicted molar refractivity (Wildman–Crippen MR) is 74.4 cm³/mol. The number of imidazole rings is 1. The van der Waals surface area contributed by atoms with Gasteiger partial charge in [0.1, 0.15) is 11.6 Å². The van der Waals surface area contributed by atoms with E-state index in [0.717, 1.165) is 40.3 Å². The van der Waals surface area contributed by atoms with E-state index in [1.807, 2.05) is 29.0 Å². The van der Waals surface area contributed by atoms with E-state index in [2.05, 4.69) is 16.9 Å². The van der Waals surface area contributed by atoms with Crippen LogP contribution in [0.25, 0.3) is 16.6 Å². The van der Waals surface area contributed by atoms with E-state index in [4.69, 9.17) is 9.47 Å². The van der Waals surface area contributed by atoms with Crippen LogP contribution < -0.4 is 9.47 Å². The molecule has 0 radical (unpaired) electrons. The molecule has 0 fully saturated rings. The van der Waals surface area contributed by atoms with Gasteiger partial charge in [0.15, 0.2) is 11.5 Å². The minimum absolute atomic E-state index is 0.277. The van der Waals surface area contributed by atoms with E-state index in [1.165, 1.54) is 0 Å². The fraction of sp³-hybridized carbons (Fsp3) is 0.200. The highest BCUT2D eigenvalue weighted by Gasteiger charge is 2.17. The molecule has 20 heavy (non-hydrogen) atoms. The molecule has 0 atom stereocenters. The maximum absolute atomic E-state index is 5.46. The van der Waals surface area contributed by atoms with Crippen molar-refractivity contribution in [3.63, 3.8) is 0 Å². The van der Waals surface area contributed by atoms with Gasteiger partial charge in [-0.3, -0.25) is 4.57 Å². The third kappa shape index (κ3) is 1.56. The molecule has 1 aromatic carbocycles. The first-order valence-corrected chi connectivity index (χ1v) is 6.58. The Morgan fingerprint density at radius 2 is 2.00 bits per heavy atom. The van der Waals surface area contributed by atoms with Crippen LogP contribution in [0.3, 0.4) is 0 Å². The van der Waals surface area contributed by atoms with Crippen LogP contribution in [0.4, 0.5) is 0 Å². The van der Waals surface area contributed by atoms with Crippen molar-refractivity contribution in [2.24, 2.45) is 0 Å². The summed E-state index contributed by atoms with van der Waals surface area (Å²) in [5.74, 6) is 3.42. The summed E-state index contributed by atoms with van der Waals surface area (Å²) in [6, 6.07) is 5.95. The molecule has 0 unspecified atom stereocenters. The number of benzene rings is 1. The zero-order chi connectivity index (χ0) is 13.5. The van der Waals surface area contributed by atoms with E-state index in [1.54, 1.807) is 12.4 Å². The highest BCUT2D eigenvalue weighted by molar-refractivity contribution is 5.91. The fourth-order valence-corrected chi connectivity index (χ4v) is 2.53. The minimum atomic E-state index is 0.277. The molecule has 0 aliphatic carbocycles. The van der Waals surface area contributed by atoms with Gasteiger partial charge in [0, 0.05) is 30.4 Å². The van der Waals surface area contributed by atoms with Crippen LogP contribution in [0.1, 0.15) is 12.7 Å². The van der Waals surface area contributed by atoms with Gasteiger partial charge in [-0.05, 0) is 23.6 Å². The summed E-state index contributed by atoms with van der Waals surface area (Å²) in [6.45, 7) is 2.36. The van der Waals surface area contributed by atoms with Gasteiger partial charge >= 0.3 is 0 Å². The van der Waals surface area contributed by atoms with Crippen LogP contribution in [0.15, 0.2) is 36.8 Å². The number of hydrogen-bond donors (Lipinski definition) is 0. The molecule has 5 heteroatoms. The Bertz CT molecular complexity index is 795. The van der Waals surface area contributed by atoms with Crippen LogP contribution in [-0.4, -0.2) is 21.3 Å². The Hall–Kier alpha value is -2.56. The molecule has 100 valence electrons. The summed E-state index contributed by atoms with van der Waals surface area (Å²) in [5.41, 5.74) is 0. The molecule has 0 N–H and O–H groups in total. The second kappa shape index (κ2) is 4.23. The Balaban J connectivity index is 2.00. The van der Waals surface area contributed by atoms with Gasteiger partial charge in [-0.15, -0.1) is 0 Å². The van der Waals surface area contributed by atoms with Gasteiger partial charge in [0.05, 0.1) is 0 Å². The summed E-state index contributed by atoms with van der Waals surface area (Å²) in [7, 11) is 0. The zero-order valence-corrected chi connectivity index (χ0v) is 11.0. The topological polar surface area (TPSA) is 49.2 Å². The number of ether oxygens (including phenoxy) is 2. The van der Waals surface area contributed by atoms with Gasteiger partial charge in [0.25, 0.3) is 0 Å². The van der Waals surface area contributed by atoms with Crippen LogP contribution >= 0.6 is 0 Å². The Labute approximate surface area is 115 Å². The third-order valence-corrected chi connectivity index (χ3v) is 3.50. The zero-order valence-electron chi connectivity index (χ0n) is 11.0. The van der Waals surface area contributed by atoms with Crippen molar-refractivity contribution in [3.8, 4) is 17.3 Å². The van der Waals surface area contributed by atoms with Gasteiger partial charge < -0.3 is 9.47 Å². The number of pyridine rings is 1. The van der Waals surface area contributed by atoms with E-state index >= 15 is 0 Å². The highest BCUT2D eigenvalue weighted by Crippen LogP contribution is 2.37. The van der Waals surface area contributed by atoms with Crippen molar-refractivity contribution in [1.82, 2.24) is 14.5 Å². The summed E-state index contributed by atoms with van der Waals surface area (Å²) in [5, 5.41) is 2.11. The summed E-state index contributed by atoms with van der Waals surface area (Å²) >= 11 is 0. The molecule has 0 bridgehead atoms. The molecule has 4 rings (SSSR count). The molecule has 1 aliphatic rings. The molecule has 2 aromatic heterocycles. The van der Waals surface area contributed by atoms with Crippen molar-refractivity contribution >= 4 is 10.8 Å². The number of nitrogens with zero attached hydrogens (tertiary/aromatic N) is 3. The SMILES string of the molecule is CCc1nccn1-c1nccc2cc3c(cc12)OCO3. The van der Waals surface area contributed by atoms with E-state index in [9.17, 15) is 0 Å². The minimum Gasteiger partial charge on any atom is -0.454 e. The number of fused-ring (bicyclic) bond motifs is 2. The summed E-state index contributed by atoms with van der Waals surface area (Å²) in [4.78, 5) is 8.87. The molecular formula is C15H13N3O2. The molecule has 5 nitrogen and oxygen atoms in total. The van der Waals surface area contributed by atoms with Crippen molar-refractivity contribution < 1.29 is 9.47 Å². The molecule has 0 saturated heterocycles. The van der Waals surface area contributed by atoms with Crippen LogP contribution in [0, 0.1) is 0 Å². The first-order valence-electron chi connectivity index (χ1n) is 6.58. The average Bonchev–Trinajstić information content (AvgIpc) is 3.12. The van der Waals surface area contributed by atoms with Crippen molar-refractivity contribution in [2.75, 3.05) is 6.79 Å². The molecule has 3 heterocycles. The van der Waals surface area contributed by atoms with E-state index < -0.39 is 0 Å². The van der Waals surface area contributed by atoms with Crippen molar-refractivity contribution in [2.45, 2.75) is 13.3 Å². The Morgan fingerprint density at radius 3 is 2.85 bits per heavy atom. The van der Waals surface area contributed by atoms with Crippen LogP contribution in [0.5, 0.6) is 11.5 Å². The number of rotatable bonds is 2. The van der Waals surface area contributed by atoms with Crippen molar-refractivity contribution in [3.05, 3.63) is 42.6 Å². The van der Waals surface area contributed by atoms with Gasteiger partial charge in [-0.2, -0.15) is 0 Å². The van der Waals surface area contributed by atoms with Crippen LogP contribution in [0.2, 0.25) is 0 Å². The predicted octanol–water partition coefficient (Wildman–Crippen LogP) is 2.71. The van der Waals surface area contributed by atoms with Gasteiger partial charge in [0.2, 0.25) is 6.79 Å². The number of aryl methyl sites for hydroxylation is 1. The second-order valence-electron chi connectivity index (χ2n) is 4.63.